The third-order valence-electron chi connectivity index (χ3n) is 2.15. The van der Waals surface area contributed by atoms with E-state index in [1.807, 2.05) is 0 Å². The van der Waals surface area contributed by atoms with Gasteiger partial charge in [-0.05, 0) is 25.1 Å². The Morgan fingerprint density at radius 3 is 2.68 bits per heavy atom. The topological polar surface area (TPSA) is 81.8 Å². The molecule has 1 aromatic carbocycles. The van der Waals surface area contributed by atoms with Crippen LogP contribution in [-0.4, -0.2) is 23.9 Å². The molecule has 3 N–H and O–H groups in total. The van der Waals surface area contributed by atoms with Gasteiger partial charge in [-0.25, -0.2) is 9.18 Å². The Kier molecular flexibility index (Phi) is 4.60. The molecule has 0 aromatic heterocycles. The molecule has 0 unspecified atom stereocenters. The van der Waals surface area contributed by atoms with E-state index in [1.54, 1.807) is 0 Å². The van der Waals surface area contributed by atoms with Crippen molar-refractivity contribution in [2.45, 2.75) is 19.1 Å². The molecule has 5 nitrogen and oxygen atoms in total. The monoisotopic (exact) mass is 279 g/mol. The van der Waals surface area contributed by atoms with Crippen LogP contribution in [0.1, 0.15) is 18.6 Å². The first kappa shape index (κ1) is 15.1. The van der Waals surface area contributed by atoms with Gasteiger partial charge in [-0.2, -0.15) is 8.78 Å². The molecule has 1 amide bonds. The van der Waals surface area contributed by atoms with Crippen molar-refractivity contribution in [2.75, 3.05) is 6.61 Å². The van der Waals surface area contributed by atoms with Gasteiger partial charge in [-0.1, -0.05) is 0 Å². The molecule has 0 heterocycles. The van der Waals surface area contributed by atoms with Gasteiger partial charge in [0, 0.05) is 5.56 Å². The molecule has 0 spiro atoms. The van der Waals surface area contributed by atoms with Gasteiger partial charge in [-0.3, -0.25) is 0 Å². The van der Waals surface area contributed by atoms with Crippen molar-refractivity contribution < 1.29 is 32.5 Å². The fourth-order valence-corrected chi connectivity index (χ4v) is 1.36. The van der Waals surface area contributed by atoms with Crippen LogP contribution in [0.3, 0.4) is 0 Å². The molecule has 0 bridgehead atoms. The van der Waals surface area contributed by atoms with Crippen molar-refractivity contribution in [3.8, 4) is 5.75 Å². The minimum atomic E-state index is -3.83. The first-order valence-electron chi connectivity index (χ1n) is 5.18. The molecule has 0 saturated heterocycles. The van der Waals surface area contributed by atoms with E-state index in [0.29, 0.717) is 0 Å². The molecule has 0 radical (unpaired) electrons. The number of ether oxygens (including phenoxy) is 2. The van der Waals surface area contributed by atoms with Crippen molar-refractivity contribution in [1.29, 1.82) is 0 Å². The first-order valence-corrected chi connectivity index (χ1v) is 5.18. The lowest BCUT2D eigenvalue weighted by Crippen LogP contribution is -2.30. The van der Waals surface area contributed by atoms with Crippen LogP contribution in [0.25, 0.3) is 0 Å². The fourth-order valence-electron chi connectivity index (χ4n) is 1.36. The van der Waals surface area contributed by atoms with Crippen LogP contribution < -0.4 is 10.5 Å². The number of carbonyl (C=O) groups excluding carboxylic acids is 1. The van der Waals surface area contributed by atoms with Crippen molar-refractivity contribution in [3.63, 3.8) is 0 Å². The summed E-state index contributed by atoms with van der Waals surface area (Å²) < 4.78 is 47.8. The van der Waals surface area contributed by atoms with Crippen LogP contribution in [0.2, 0.25) is 0 Å². The molecule has 19 heavy (non-hydrogen) atoms. The Hall–Kier alpha value is -1.96. The van der Waals surface area contributed by atoms with E-state index < -0.39 is 36.5 Å². The lowest BCUT2D eigenvalue weighted by Gasteiger charge is -2.20. The Bertz CT molecular complexity index is 467. The number of halogens is 3. The minimum Gasteiger partial charge on any atom is -0.442 e. The smallest absolute Gasteiger partial charge is 0.421 e. The third-order valence-corrected chi connectivity index (χ3v) is 2.15. The van der Waals surface area contributed by atoms with E-state index in [2.05, 4.69) is 9.47 Å². The second-order valence-electron chi connectivity index (χ2n) is 3.66. The molecule has 0 aliphatic rings. The largest absolute Gasteiger partial charge is 0.442 e. The van der Waals surface area contributed by atoms with E-state index in [9.17, 15) is 18.0 Å². The van der Waals surface area contributed by atoms with Crippen LogP contribution >= 0.6 is 0 Å². The van der Waals surface area contributed by atoms with E-state index in [0.717, 1.165) is 18.2 Å². The molecule has 8 heteroatoms. The van der Waals surface area contributed by atoms with E-state index in [1.165, 1.54) is 6.92 Å². The number of benzene rings is 1. The van der Waals surface area contributed by atoms with Crippen molar-refractivity contribution in [1.82, 2.24) is 0 Å². The number of amides is 1. The molecule has 1 aromatic rings. The van der Waals surface area contributed by atoms with Gasteiger partial charge >= 0.3 is 12.2 Å². The molecule has 1 rings (SSSR count). The summed E-state index contributed by atoms with van der Waals surface area (Å²) in [6.07, 6.45) is -6.06. The van der Waals surface area contributed by atoms with Crippen LogP contribution in [-0.2, 0) is 4.74 Å². The van der Waals surface area contributed by atoms with Gasteiger partial charge in [0.15, 0.2) is 0 Å². The number of nitrogens with two attached hydrogens (primary N) is 1. The molecule has 0 aliphatic carbocycles. The van der Waals surface area contributed by atoms with Gasteiger partial charge in [0.25, 0.3) is 0 Å². The van der Waals surface area contributed by atoms with E-state index in [4.69, 9.17) is 10.8 Å². The number of hydrogen-bond acceptors (Lipinski definition) is 4. The Morgan fingerprint density at radius 1 is 1.53 bits per heavy atom. The number of alkyl halides is 2. The Balaban J connectivity index is 3.07. The second kappa shape index (κ2) is 5.79. The Morgan fingerprint density at radius 2 is 2.16 bits per heavy atom. The highest BCUT2D eigenvalue weighted by atomic mass is 19.3. The maximum absolute atomic E-state index is 13.1. The summed E-state index contributed by atoms with van der Waals surface area (Å²) >= 11 is 0. The Labute approximate surface area is 106 Å². The summed E-state index contributed by atoms with van der Waals surface area (Å²) in [6, 6.07) is 2.70. The number of carbonyl (C=O) groups is 1. The average Bonchev–Trinajstić information content (AvgIpc) is 2.30. The van der Waals surface area contributed by atoms with Crippen LogP contribution in [0, 0.1) is 5.82 Å². The number of aliphatic hydroxyl groups excluding tert-OH is 1. The predicted octanol–water partition coefficient (Wildman–Crippen LogP) is 1.95. The maximum Gasteiger partial charge on any atom is 0.421 e. The number of primary amides is 1. The second-order valence-corrected chi connectivity index (χ2v) is 3.66. The van der Waals surface area contributed by atoms with Gasteiger partial charge in [0.1, 0.15) is 24.3 Å². The summed E-state index contributed by atoms with van der Waals surface area (Å²) in [6.45, 7) is -0.238. The summed E-state index contributed by atoms with van der Waals surface area (Å²) in [5.74, 6) is -1.15. The maximum atomic E-state index is 13.1. The SMILES string of the molecule is C[C@@H](OC(N)=O)c1cc(F)ccc1OC(F)(F)CO. The summed E-state index contributed by atoms with van der Waals surface area (Å²) in [5, 5.41) is 8.43. The zero-order chi connectivity index (χ0) is 14.6. The molecular formula is C11H12F3NO4. The standard InChI is InChI=1S/C11H12F3NO4/c1-6(18-10(15)17)8-4-7(12)2-3-9(8)19-11(13,14)5-16/h2-4,6,16H,5H2,1H3,(H2,15,17)/t6-/m1/s1. The highest BCUT2D eigenvalue weighted by Gasteiger charge is 2.32. The summed E-state index contributed by atoms with van der Waals surface area (Å²) in [5.41, 5.74) is 4.66. The zero-order valence-corrected chi connectivity index (χ0v) is 9.90. The highest BCUT2D eigenvalue weighted by Crippen LogP contribution is 2.31. The lowest BCUT2D eigenvalue weighted by atomic mass is 10.1. The quantitative estimate of drug-likeness (QED) is 0.863. The lowest BCUT2D eigenvalue weighted by molar-refractivity contribution is -0.201. The van der Waals surface area contributed by atoms with E-state index in [-0.39, 0.29) is 5.56 Å². The molecular weight excluding hydrogens is 267 g/mol. The summed E-state index contributed by atoms with van der Waals surface area (Å²) in [4.78, 5) is 10.6. The summed E-state index contributed by atoms with van der Waals surface area (Å²) in [7, 11) is 0. The first-order chi connectivity index (χ1) is 8.75. The molecule has 106 valence electrons. The van der Waals surface area contributed by atoms with Crippen LogP contribution in [0.4, 0.5) is 18.0 Å². The van der Waals surface area contributed by atoms with Gasteiger partial charge in [0.2, 0.25) is 0 Å². The van der Waals surface area contributed by atoms with Gasteiger partial charge in [-0.15, -0.1) is 0 Å². The van der Waals surface area contributed by atoms with Crippen LogP contribution in [0.15, 0.2) is 18.2 Å². The van der Waals surface area contributed by atoms with Crippen LogP contribution in [0.5, 0.6) is 5.75 Å². The average molecular weight is 279 g/mol. The van der Waals surface area contributed by atoms with Gasteiger partial charge in [0.05, 0.1) is 0 Å². The highest BCUT2D eigenvalue weighted by molar-refractivity contribution is 5.65. The predicted molar refractivity (Wildman–Crippen MR) is 58.1 cm³/mol. The number of aliphatic hydroxyl groups is 1. The van der Waals surface area contributed by atoms with Gasteiger partial charge < -0.3 is 20.3 Å². The minimum absolute atomic E-state index is 0.132. The van der Waals surface area contributed by atoms with E-state index >= 15 is 0 Å². The van der Waals surface area contributed by atoms with Crippen molar-refractivity contribution >= 4 is 6.09 Å². The zero-order valence-electron chi connectivity index (χ0n) is 9.90. The third kappa shape index (κ3) is 4.32. The normalized spacial score (nSPS) is 12.9. The van der Waals surface area contributed by atoms with Crippen molar-refractivity contribution in [2.24, 2.45) is 5.73 Å². The molecule has 1 atom stereocenters. The molecule has 0 saturated carbocycles. The number of hydrogen-bond donors (Lipinski definition) is 2. The number of rotatable bonds is 5. The fraction of sp³-hybridized carbons (Fsp3) is 0.364. The molecule has 0 fully saturated rings. The van der Waals surface area contributed by atoms with Crippen molar-refractivity contribution in [3.05, 3.63) is 29.6 Å². The molecule has 0 aliphatic heterocycles.